The van der Waals surface area contributed by atoms with Crippen LogP contribution in [0.25, 0.3) is 22.5 Å². The van der Waals surface area contributed by atoms with Crippen LogP contribution < -0.4 is 5.32 Å². The quantitative estimate of drug-likeness (QED) is 0.578. The van der Waals surface area contributed by atoms with E-state index in [-0.39, 0.29) is 11.6 Å². The second kappa shape index (κ2) is 6.76. The number of hydrogen-bond acceptors (Lipinski definition) is 6. The molecule has 3 heterocycles. The highest BCUT2D eigenvalue weighted by Gasteiger charge is 2.18. The predicted octanol–water partition coefficient (Wildman–Crippen LogP) is 3.90. The molecule has 0 atom stereocenters. The highest BCUT2D eigenvalue weighted by atomic mass is 32.1. The van der Waals surface area contributed by atoms with Crippen molar-refractivity contribution in [3.63, 3.8) is 0 Å². The van der Waals surface area contributed by atoms with Crippen LogP contribution in [0.15, 0.2) is 46.4 Å². The van der Waals surface area contributed by atoms with Crippen molar-refractivity contribution in [2.75, 3.05) is 5.32 Å². The number of aryl methyl sites for hydroxylation is 1. The van der Waals surface area contributed by atoms with E-state index in [0.29, 0.717) is 22.1 Å². The summed E-state index contributed by atoms with van der Waals surface area (Å²) in [5.74, 6) is -0.798. The minimum absolute atomic E-state index is 0.0518. The number of carbonyl (C=O) groups is 1. The Morgan fingerprint density at radius 3 is 2.81 bits per heavy atom. The number of anilines is 1. The second-order valence-corrected chi connectivity index (χ2v) is 6.67. The SMILES string of the molecule is Cc1c(-c2cc(C(=O)Nc3nc(-c4ccccc4F)cs3)on2)cnn1C. The number of carbonyl (C=O) groups excluding carboxylic acids is 1. The van der Waals surface area contributed by atoms with Gasteiger partial charge in [0, 0.05) is 35.3 Å². The fourth-order valence-corrected chi connectivity index (χ4v) is 3.25. The van der Waals surface area contributed by atoms with Gasteiger partial charge in [0.2, 0.25) is 5.76 Å². The maximum absolute atomic E-state index is 13.9. The molecule has 0 fully saturated rings. The van der Waals surface area contributed by atoms with Gasteiger partial charge in [0.15, 0.2) is 5.13 Å². The van der Waals surface area contributed by atoms with Gasteiger partial charge in [-0.15, -0.1) is 11.3 Å². The summed E-state index contributed by atoms with van der Waals surface area (Å²) < 4.78 is 20.7. The number of nitrogens with one attached hydrogen (secondary N) is 1. The number of aromatic nitrogens is 4. The number of benzene rings is 1. The molecule has 4 aromatic rings. The monoisotopic (exact) mass is 383 g/mol. The van der Waals surface area contributed by atoms with Crippen molar-refractivity contribution in [2.45, 2.75) is 6.92 Å². The molecule has 1 aromatic carbocycles. The van der Waals surface area contributed by atoms with Gasteiger partial charge in [-0.25, -0.2) is 9.37 Å². The highest BCUT2D eigenvalue weighted by Crippen LogP contribution is 2.27. The summed E-state index contributed by atoms with van der Waals surface area (Å²) in [5.41, 5.74) is 3.05. The summed E-state index contributed by atoms with van der Waals surface area (Å²) in [7, 11) is 1.82. The molecule has 4 rings (SSSR count). The van der Waals surface area contributed by atoms with Gasteiger partial charge in [0.25, 0.3) is 5.91 Å². The van der Waals surface area contributed by atoms with Crippen LogP contribution in [0.4, 0.5) is 9.52 Å². The van der Waals surface area contributed by atoms with Crippen LogP contribution in [-0.4, -0.2) is 25.8 Å². The van der Waals surface area contributed by atoms with E-state index in [1.807, 2.05) is 14.0 Å². The van der Waals surface area contributed by atoms with Crippen LogP contribution in [-0.2, 0) is 7.05 Å². The number of halogens is 1. The molecule has 7 nitrogen and oxygen atoms in total. The van der Waals surface area contributed by atoms with Gasteiger partial charge < -0.3 is 4.52 Å². The van der Waals surface area contributed by atoms with Gasteiger partial charge in [0.05, 0.1) is 11.9 Å². The van der Waals surface area contributed by atoms with Crippen LogP contribution in [0, 0.1) is 12.7 Å². The van der Waals surface area contributed by atoms with Crippen molar-refractivity contribution < 1.29 is 13.7 Å². The summed E-state index contributed by atoms with van der Waals surface area (Å²) in [5, 5.41) is 12.7. The Morgan fingerprint density at radius 1 is 1.26 bits per heavy atom. The van der Waals surface area contributed by atoms with Crippen LogP contribution >= 0.6 is 11.3 Å². The molecule has 3 aromatic heterocycles. The van der Waals surface area contributed by atoms with Crippen molar-refractivity contribution in [3.8, 4) is 22.5 Å². The van der Waals surface area contributed by atoms with Crippen molar-refractivity contribution in [1.82, 2.24) is 19.9 Å². The van der Waals surface area contributed by atoms with E-state index in [0.717, 1.165) is 11.3 Å². The Hall–Kier alpha value is -3.33. The van der Waals surface area contributed by atoms with Crippen LogP contribution in [0.5, 0.6) is 0 Å². The molecule has 136 valence electrons. The van der Waals surface area contributed by atoms with Gasteiger partial charge in [-0.2, -0.15) is 5.10 Å². The molecular formula is C18H14FN5O2S. The zero-order valence-corrected chi connectivity index (χ0v) is 15.2. The van der Waals surface area contributed by atoms with Crippen molar-refractivity contribution in [1.29, 1.82) is 0 Å². The standard InChI is InChI=1S/C18H14FN5O2S/c1-10-12(8-20-24(10)2)14-7-16(26-23-14)17(25)22-18-21-15(9-27-18)11-5-3-4-6-13(11)19/h3-9H,1-2H3,(H,21,22,25). The van der Waals surface area contributed by atoms with E-state index >= 15 is 0 Å². The van der Waals surface area contributed by atoms with E-state index in [9.17, 15) is 9.18 Å². The Morgan fingerprint density at radius 2 is 2.07 bits per heavy atom. The molecule has 0 spiro atoms. The minimum Gasteiger partial charge on any atom is -0.350 e. The van der Waals surface area contributed by atoms with E-state index in [1.165, 1.54) is 17.4 Å². The van der Waals surface area contributed by atoms with Gasteiger partial charge >= 0.3 is 0 Å². The zero-order chi connectivity index (χ0) is 19.0. The molecule has 0 aliphatic heterocycles. The Kier molecular flexibility index (Phi) is 4.28. The molecule has 0 saturated heterocycles. The Bertz CT molecular complexity index is 1130. The van der Waals surface area contributed by atoms with E-state index in [4.69, 9.17) is 4.52 Å². The molecule has 1 amide bonds. The fraction of sp³-hybridized carbons (Fsp3) is 0.111. The highest BCUT2D eigenvalue weighted by molar-refractivity contribution is 7.14. The first kappa shape index (κ1) is 17.1. The molecule has 0 radical (unpaired) electrons. The van der Waals surface area contributed by atoms with Gasteiger partial charge in [0.1, 0.15) is 11.5 Å². The molecule has 0 unspecified atom stereocenters. The fourth-order valence-electron chi connectivity index (χ4n) is 2.54. The number of hydrogen-bond donors (Lipinski definition) is 1. The lowest BCUT2D eigenvalue weighted by Gasteiger charge is -1.98. The third-order valence-corrected chi connectivity index (χ3v) is 4.88. The lowest BCUT2D eigenvalue weighted by Crippen LogP contribution is -2.10. The topological polar surface area (TPSA) is 85.8 Å². The van der Waals surface area contributed by atoms with Gasteiger partial charge in [-0.05, 0) is 19.1 Å². The van der Waals surface area contributed by atoms with Crippen molar-refractivity contribution in [3.05, 3.63) is 59.2 Å². The average molecular weight is 383 g/mol. The second-order valence-electron chi connectivity index (χ2n) is 5.82. The first-order chi connectivity index (χ1) is 13.0. The summed E-state index contributed by atoms with van der Waals surface area (Å²) in [6.45, 7) is 1.90. The molecular weight excluding hydrogens is 369 g/mol. The lowest BCUT2D eigenvalue weighted by molar-refractivity contribution is 0.0988. The first-order valence-electron chi connectivity index (χ1n) is 8.00. The van der Waals surface area contributed by atoms with E-state index in [2.05, 4.69) is 20.6 Å². The summed E-state index contributed by atoms with van der Waals surface area (Å²) in [4.78, 5) is 16.6. The average Bonchev–Trinajstić information content (AvgIpc) is 3.37. The molecule has 0 saturated carbocycles. The molecule has 1 N–H and O–H groups in total. The number of thiazole rings is 1. The third-order valence-electron chi connectivity index (χ3n) is 4.12. The van der Waals surface area contributed by atoms with Gasteiger partial charge in [-0.1, -0.05) is 17.3 Å². The normalized spacial score (nSPS) is 10.9. The van der Waals surface area contributed by atoms with Crippen molar-refractivity contribution in [2.24, 2.45) is 7.05 Å². The summed E-state index contributed by atoms with van der Waals surface area (Å²) in [6, 6.07) is 7.88. The Balaban J connectivity index is 1.52. The van der Waals surface area contributed by atoms with Crippen LogP contribution in [0.2, 0.25) is 0 Å². The molecule has 0 aliphatic rings. The zero-order valence-electron chi connectivity index (χ0n) is 14.4. The van der Waals surface area contributed by atoms with Gasteiger partial charge in [-0.3, -0.25) is 14.8 Å². The minimum atomic E-state index is -0.482. The molecule has 9 heteroatoms. The molecule has 27 heavy (non-hydrogen) atoms. The molecule has 0 aliphatic carbocycles. The third kappa shape index (κ3) is 3.24. The van der Waals surface area contributed by atoms with Crippen LogP contribution in [0.1, 0.15) is 16.2 Å². The number of amides is 1. The predicted molar refractivity (Wildman–Crippen MR) is 98.9 cm³/mol. The maximum atomic E-state index is 13.9. The largest absolute Gasteiger partial charge is 0.350 e. The van der Waals surface area contributed by atoms with Crippen LogP contribution in [0.3, 0.4) is 0 Å². The summed E-state index contributed by atoms with van der Waals surface area (Å²) >= 11 is 1.20. The number of nitrogens with zero attached hydrogens (tertiary/aromatic N) is 4. The summed E-state index contributed by atoms with van der Waals surface area (Å²) in [6.07, 6.45) is 1.66. The van der Waals surface area contributed by atoms with Crippen molar-refractivity contribution >= 4 is 22.4 Å². The maximum Gasteiger partial charge on any atom is 0.296 e. The first-order valence-corrected chi connectivity index (χ1v) is 8.88. The Labute approximate surface area is 157 Å². The van der Waals surface area contributed by atoms with E-state index < -0.39 is 5.91 Å². The smallest absolute Gasteiger partial charge is 0.296 e. The number of rotatable bonds is 4. The van der Waals surface area contributed by atoms with E-state index in [1.54, 1.807) is 40.5 Å². The molecule has 0 bridgehead atoms. The lowest BCUT2D eigenvalue weighted by atomic mass is 10.2.